The molecular weight excluding hydrogens is 362 g/mol. The molecular formula is C20H22ClN5O. The summed E-state index contributed by atoms with van der Waals surface area (Å²) >= 11 is 6.22. The maximum atomic E-state index is 12.8. The van der Waals surface area contributed by atoms with Gasteiger partial charge in [-0.05, 0) is 24.2 Å². The highest BCUT2D eigenvalue weighted by Gasteiger charge is 2.18. The number of hydrogen-bond acceptors (Lipinski definition) is 5. The van der Waals surface area contributed by atoms with Crippen molar-refractivity contribution in [2.75, 3.05) is 37.6 Å². The zero-order chi connectivity index (χ0) is 18.8. The van der Waals surface area contributed by atoms with Crippen LogP contribution in [0.4, 0.5) is 5.95 Å². The number of halogens is 1. The molecule has 4 rings (SSSR count). The van der Waals surface area contributed by atoms with Gasteiger partial charge in [-0.2, -0.15) is 0 Å². The van der Waals surface area contributed by atoms with Crippen LogP contribution in [0.3, 0.4) is 0 Å². The van der Waals surface area contributed by atoms with Gasteiger partial charge < -0.3 is 14.4 Å². The number of piperazine rings is 1. The summed E-state index contributed by atoms with van der Waals surface area (Å²) in [7, 11) is 0. The highest BCUT2D eigenvalue weighted by atomic mass is 35.5. The van der Waals surface area contributed by atoms with E-state index in [1.807, 2.05) is 30.3 Å². The van der Waals surface area contributed by atoms with Crippen molar-refractivity contribution in [1.82, 2.24) is 19.4 Å². The third kappa shape index (κ3) is 3.68. The molecule has 2 aromatic heterocycles. The summed E-state index contributed by atoms with van der Waals surface area (Å²) in [5, 5.41) is 1.18. The summed E-state index contributed by atoms with van der Waals surface area (Å²) < 4.78 is 1.65. The van der Waals surface area contributed by atoms with Crippen LogP contribution in [0.15, 0.2) is 47.5 Å². The SMILES string of the molecule is CCN1CCN(c2ncc3c(=O)n(Cc4ccccc4Cl)ccc3n2)CC1. The minimum Gasteiger partial charge on any atom is -0.338 e. The fraction of sp³-hybridized carbons (Fsp3) is 0.350. The summed E-state index contributed by atoms with van der Waals surface area (Å²) in [5.74, 6) is 0.696. The van der Waals surface area contributed by atoms with Gasteiger partial charge in [-0.15, -0.1) is 0 Å². The van der Waals surface area contributed by atoms with E-state index in [4.69, 9.17) is 11.6 Å². The Bertz CT molecular complexity index is 1010. The summed E-state index contributed by atoms with van der Waals surface area (Å²) in [6.07, 6.45) is 3.43. The molecule has 7 heteroatoms. The molecule has 0 atom stereocenters. The lowest BCUT2D eigenvalue weighted by atomic mass is 10.2. The van der Waals surface area contributed by atoms with Crippen molar-refractivity contribution in [3.05, 3.63) is 63.7 Å². The molecule has 1 aliphatic heterocycles. The molecule has 6 nitrogen and oxygen atoms in total. The minimum absolute atomic E-state index is 0.102. The summed E-state index contributed by atoms with van der Waals surface area (Å²) in [4.78, 5) is 26.5. The Balaban J connectivity index is 1.61. The van der Waals surface area contributed by atoms with Gasteiger partial charge in [0.25, 0.3) is 5.56 Å². The van der Waals surface area contributed by atoms with E-state index >= 15 is 0 Å². The van der Waals surface area contributed by atoms with E-state index in [1.165, 1.54) is 0 Å². The Morgan fingerprint density at radius 1 is 1.11 bits per heavy atom. The van der Waals surface area contributed by atoms with Gasteiger partial charge in [-0.1, -0.05) is 36.7 Å². The van der Waals surface area contributed by atoms with Gasteiger partial charge in [0.15, 0.2) is 0 Å². The van der Waals surface area contributed by atoms with E-state index in [-0.39, 0.29) is 5.56 Å². The summed E-state index contributed by atoms with van der Waals surface area (Å²) in [6, 6.07) is 9.43. The Morgan fingerprint density at radius 2 is 1.89 bits per heavy atom. The first kappa shape index (κ1) is 17.9. The molecule has 1 aliphatic rings. The molecule has 1 saturated heterocycles. The van der Waals surface area contributed by atoms with Gasteiger partial charge in [0.2, 0.25) is 5.95 Å². The third-order valence-electron chi connectivity index (χ3n) is 5.11. The van der Waals surface area contributed by atoms with E-state index in [1.54, 1.807) is 17.0 Å². The normalized spacial score (nSPS) is 15.4. The van der Waals surface area contributed by atoms with Gasteiger partial charge in [-0.25, -0.2) is 9.97 Å². The zero-order valence-electron chi connectivity index (χ0n) is 15.3. The quantitative estimate of drug-likeness (QED) is 0.693. The maximum Gasteiger partial charge on any atom is 0.261 e. The van der Waals surface area contributed by atoms with Crippen LogP contribution in [0.5, 0.6) is 0 Å². The van der Waals surface area contributed by atoms with Gasteiger partial charge in [0, 0.05) is 43.6 Å². The van der Waals surface area contributed by atoms with E-state index < -0.39 is 0 Å². The van der Waals surface area contributed by atoms with Gasteiger partial charge in [0.1, 0.15) is 0 Å². The molecule has 0 saturated carbocycles. The van der Waals surface area contributed by atoms with Crippen molar-refractivity contribution < 1.29 is 0 Å². The van der Waals surface area contributed by atoms with E-state index in [9.17, 15) is 4.79 Å². The average Bonchev–Trinajstić information content (AvgIpc) is 2.71. The number of pyridine rings is 1. The smallest absolute Gasteiger partial charge is 0.261 e. The highest BCUT2D eigenvalue weighted by Crippen LogP contribution is 2.17. The number of likely N-dealkylation sites (N-methyl/N-ethyl adjacent to an activating group) is 1. The largest absolute Gasteiger partial charge is 0.338 e. The summed E-state index contributed by atoms with van der Waals surface area (Å²) in [5.41, 5.74) is 1.49. The molecule has 0 unspecified atom stereocenters. The minimum atomic E-state index is -0.102. The molecule has 0 N–H and O–H groups in total. The van der Waals surface area contributed by atoms with E-state index in [0.29, 0.717) is 28.4 Å². The van der Waals surface area contributed by atoms with Crippen LogP contribution in [0, 0.1) is 0 Å². The third-order valence-corrected chi connectivity index (χ3v) is 5.48. The molecule has 3 aromatic rings. The second kappa shape index (κ2) is 7.66. The van der Waals surface area contributed by atoms with Crippen LogP contribution in [-0.2, 0) is 6.54 Å². The molecule has 27 heavy (non-hydrogen) atoms. The van der Waals surface area contributed by atoms with Crippen molar-refractivity contribution in [3.8, 4) is 0 Å². The van der Waals surface area contributed by atoms with Crippen LogP contribution in [0.2, 0.25) is 5.02 Å². The monoisotopic (exact) mass is 383 g/mol. The van der Waals surface area contributed by atoms with E-state index in [2.05, 4.69) is 26.7 Å². The maximum absolute atomic E-state index is 12.8. The fourth-order valence-corrected chi connectivity index (χ4v) is 3.61. The van der Waals surface area contributed by atoms with Crippen molar-refractivity contribution in [2.45, 2.75) is 13.5 Å². The second-order valence-electron chi connectivity index (χ2n) is 6.73. The molecule has 0 aliphatic carbocycles. The lowest BCUT2D eigenvalue weighted by molar-refractivity contribution is 0.270. The number of fused-ring (bicyclic) bond motifs is 1. The summed E-state index contributed by atoms with van der Waals surface area (Å²) in [6.45, 7) is 7.50. The molecule has 1 fully saturated rings. The first-order valence-electron chi connectivity index (χ1n) is 9.22. The van der Waals surface area contributed by atoms with Crippen LogP contribution >= 0.6 is 11.6 Å². The van der Waals surface area contributed by atoms with E-state index in [0.717, 1.165) is 38.3 Å². The number of anilines is 1. The topological polar surface area (TPSA) is 54.3 Å². The van der Waals surface area contributed by atoms with Crippen LogP contribution in [-0.4, -0.2) is 52.2 Å². The Labute approximate surface area is 163 Å². The first-order valence-corrected chi connectivity index (χ1v) is 9.60. The molecule has 1 aromatic carbocycles. The predicted octanol–water partition coefficient (Wildman–Crippen LogP) is 2.64. The van der Waals surface area contributed by atoms with Gasteiger partial charge >= 0.3 is 0 Å². The Morgan fingerprint density at radius 3 is 2.63 bits per heavy atom. The average molecular weight is 384 g/mol. The molecule has 3 heterocycles. The molecule has 0 bridgehead atoms. The number of aromatic nitrogens is 3. The van der Waals surface area contributed by atoms with Gasteiger partial charge in [-0.3, -0.25) is 4.79 Å². The number of hydrogen-bond donors (Lipinski definition) is 0. The Kier molecular flexibility index (Phi) is 5.09. The van der Waals surface area contributed by atoms with Crippen molar-refractivity contribution in [1.29, 1.82) is 0 Å². The van der Waals surface area contributed by atoms with Crippen molar-refractivity contribution in [3.63, 3.8) is 0 Å². The first-order chi connectivity index (χ1) is 13.2. The van der Waals surface area contributed by atoms with Crippen molar-refractivity contribution >= 4 is 28.5 Å². The lowest BCUT2D eigenvalue weighted by Gasteiger charge is -2.34. The number of nitrogens with zero attached hydrogens (tertiary/aromatic N) is 5. The van der Waals surface area contributed by atoms with Crippen molar-refractivity contribution in [2.24, 2.45) is 0 Å². The van der Waals surface area contributed by atoms with Crippen LogP contribution in [0.1, 0.15) is 12.5 Å². The lowest BCUT2D eigenvalue weighted by Crippen LogP contribution is -2.46. The van der Waals surface area contributed by atoms with Gasteiger partial charge in [0.05, 0.1) is 17.4 Å². The molecule has 0 spiro atoms. The Hall–Kier alpha value is -2.44. The molecule has 140 valence electrons. The van der Waals surface area contributed by atoms with Crippen LogP contribution in [0.25, 0.3) is 10.9 Å². The van der Waals surface area contributed by atoms with Crippen LogP contribution < -0.4 is 10.5 Å². The fourth-order valence-electron chi connectivity index (χ4n) is 3.41. The number of rotatable bonds is 4. The second-order valence-corrected chi connectivity index (χ2v) is 7.14. The zero-order valence-corrected chi connectivity index (χ0v) is 16.1. The highest BCUT2D eigenvalue weighted by molar-refractivity contribution is 6.31. The predicted molar refractivity (Wildman–Crippen MR) is 109 cm³/mol. The number of benzene rings is 1. The molecule has 0 radical (unpaired) electrons. The molecule has 0 amide bonds. The standard InChI is InChI=1S/C20H22ClN5O/c1-2-24-9-11-25(12-10-24)20-22-13-16-18(23-20)7-8-26(19(16)27)14-15-5-3-4-6-17(15)21/h3-8,13H,2,9-12,14H2,1H3.